The molecule has 3 aromatic rings. The summed E-state index contributed by atoms with van der Waals surface area (Å²) in [6.45, 7) is 0. The van der Waals surface area contributed by atoms with Gasteiger partial charge in [0.25, 0.3) is 0 Å². The van der Waals surface area contributed by atoms with Crippen LogP contribution in [0.4, 0.5) is 0 Å². The number of rotatable bonds is 3. The third-order valence-electron chi connectivity index (χ3n) is 3.34. The summed E-state index contributed by atoms with van der Waals surface area (Å²) in [5.41, 5.74) is 0.789. The molecule has 2 aromatic carbocycles. The van der Waals surface area contributed by atoms with Crippen molar-refractivity contribution in [3.63, 3.8) is 0 Å². The Morgan fingerprint density at radius 3 is 2.50 bits per heavy atom. The van der Waals surface area contributed by atoms with Crippen LogP contribution in [0.5, 0.6) is 0 Å². The smallest absolute Gasteiger partial charge is 0.343 e. The number of carboxylic acids is 1. The van der Waals surface area contributed by atoms with Crippen molar-refractivity contribution in [3.05, 3.63) is 69.7 Å². The van der Waals surface area contributed by atoms with Crippen molar-refractivity contribution in [2.24, 2.45) is 0 Å². The molecule has 0 aliphatic carbocycles. The summed E-state index contributed by atoms with van der Waals surface area (Å²) in [7, 11) is 0. The van der Waals surface area contributed by atoms with Gasteiger partial charge in [-0.05, 0) is 23.8 Å². The normalized spacial score (nSPS) is 10.8. The highest BCUT2D eigenvalue weighted by atomic mass is 35.5. The number of halogens is 1. The third-order valence-corrected chi connectivity index (χ3v) is 3.57. The van der Waals surface area contributed by atoms with E-state index in [4.69, 9.17) is 21.1 Å². The van der Waals surface area contributed by atoms with Crippen molar-refractivity contribution >= 4 is 28.3 Å². The van der Waals surface area contributed by atoms with Gasteiger partial charge in [0, 0.05) is 16.0 Å². The molecule has 0 saturated carbocycles. The fourth-order valence-electron chi connectivity index (χ4n) is 2.45. The lowest BCUT2D eigenvalue weighted by atomic mass is 9.97. The largest absolute Gasteiger partial charge is 0.481 e. The second-order valence-corrected chi connectivity index (χ2v) is 5.25. The minimum Gasteiger partial charge on any atom is -0.481 e. The van der Waals surface area contributed by atoms with Crippen LogP contribution >= 0.6 is 11.6 Å². The fourth-order valence-corrected chi connectivity index (χ4v) is 2.62. The van der Waals surface area contributed by atoms with Gasteiger partial charge in [0.1, 0.15) is 12.2 Å². The minimum absolute atomic E-state index is 0.124. The van der Waals surface area contributed by atoms with Gasteiger partial charge in [-0.2, -0.15) is 0 Å². The number of hydrogen-bond donors (Lipinski definition) is 1. The Labute approximate surface area is 130 Å². The number of hydrogen-bond acceptors (Lipinski definition) is 3. The molecular formula is C17H11ClO4. The number of aliphatic carboxylic acids is 1. The first-order valence-electron chi connectivity index (χ1n) is 6.58. The van der Waals surface area contributed by atoms with Crippen molar-refractivity contribution in [1.29, 1.82) is 0 Å². The zero-order valence-electron chi connectivity index (χ0n) is 11.4. The third kappa shape index (κ3) is 2.61. The topological polar surface area (TPSA) is 67.5 Å². The Kier molecular flexibility index (Phi) is 3.69. The average molecular weight is 315 g/mol. The average Bonchev–Trinajstić information content (AvgIpc) is 2.47. The highest BCUT2D eigenvalue weighted by molar-refractivity contribution is 6.31. The minimum atomic E-state index is -1.07. The van der Waals surface area contributed by atoms with Gasteiger partial charge in [0.2, 0.25) is 0 Å². The Morgan fingerprint density at radius 1 is 1.09 bits per heavy atom. The van der Waals surface area contributed by atoms with Crippen LogP contribution in [-0.2, 0) is 11.2 Å². The van der Waals surface area contributed by atoms with Crippen LogP contribution < -0.4 is 5.63 Å². The number of benzene rings is 2. The van der Waals surface area contributed by atoms with Gasteiger partial charge >= 0.3 is 11.6 Å². The quantitative estimate of drug-likeness (QED) is 0.799. The van der Waals surface area contributed by atoms with E-state index in [0.717, 1.165) is 5.56 Å². The molecule has 0 spiro atoms. The molecule has 0 saturated heterocycles. The van der Waals surface area contributed by atoms with Gasteiger partial charge in [-0.25, -0.2) is 4.79 Å². The van der Waals surface area contributed by atoms with Gasteiger partial charge in [-0.3, -0.25) is 4.79 Å². The standard InChI is InChI=1S/C17H11ClO4/c18-11-6-7-12-13(8-11)16(10-4-2-1-3-5-10)14(9-15(19)20)22-17(12)21/h1-8H,9H2,(H,19,20). The molecule has 1 N–H and O–H groups in total. The van der Waals surface area contributed by atoms with Crippen LogP contribution in [0.1, 0.15) is 5.76 Å². The second-order valence-electron chi connectivity index (χ2n) is 4.81. The van der Waals surface area contributed by atoms with Crippen LogP contribution in [0.2, 0.25) is 5.02 Å². The van der Waals surface area contributed by atoms with Crippen molar-refractivity contribution in [2.45, 2.75) is 6.42 Å². The first-order valence-corrected chi connectivity index (χ1v) is 6.96. The van der Waals surface area contributed by atoms with E-state index in [1.807, 2.05) is 30.3 Å². The molecular weight excluding hydrogens is 304 g/mol. The molecule has 3 rings (SSSR count). The van der Waals surface area contributed by atoms with E-state index in [2.05, 4.69) is 0 Å². The molecule has 0 aliphatic heterocycles. The molecule has 0 aliphatic rings. The molecule has 5 heteroatoms. The molecule has 0 bridgehead atoms. The molecule has 0 atom stereocenters. The highest BCUT2D eigenvalue weighted by Crippen LogP contribution is 2.32. The molecule has 4 nitrogen and oxygen atoms in total. The molecule has 0 unspecified atom stereocenters. The monoisotopic (exact) mass is 314 g/mol. The van der Waals surface area contributed by atoms with E-state index in [1.165, 1.54) is 0 Å². The number of fused-ring (bicyclic) bond motifs is 1. The lowest BCUT2D eigenvalue weighted by Gasteiger charge is -2.11. The summed E-state index contributed by atoms with van der Waals surface area (Å²) in [4.78, 5) is 23.2. The van der Waals surface area contributed by atoms with E-state index >= 15 is 0 Å². The Hall–Kier alpha value is -2.59. The van der Waals surface area contributed by atoms with Gasteiger partial charge in [-0.15, -0.1) is 0 Å². The van der Waals surface area contributed by atoms with Crippen LogP contribution in [0.3, 0.4) is 0 Å². The van der Waals surface area contributed by atoms with E-state index in [0.29, 0.717) is 21.4 Å². The van der Waals surface area contributed by atoms with Crippen molar-refractivity contribution in [2.75, 3.05) is 0 Å². The van der Waals surface area contributed by atoms with Crippen LogP contribution in [0, 0.1) is 0 Å². The van der Waals surface area contributed by atoms with Crippen molar-refractivity contribution < 1.29 is 14.3 Å². The van der Waals surface area contributed by atoms with Crippen LogP contribution in [0.25, 0.3) is 21.9 Å². The molecule has 1 aromatic heterocycles. The van der Waals surface area contributed by atoms with E-state index in [9.17, 15) is 9.59 Å². The first kappa shape index (κ1) is 14.4. The van der Waals surface area contributed by atoms with Gasteiger partial charge < -0.3 is 9.52 Å². The molecule has 0 radical (unpaired) electrons. The Balaban J connectivity index is 2.43. The second kappa shape index (κ2) is 5.66. The van der Waals surface area contributed by atoms with Crippen LogP contribution in [-0.4, -0.2) is 11.1 Å². The Morgan fingerprint density at radius 2 is 1.82 bits per heavy atom. The molecule has 1 heterocycles. The SMILES string of the molecule is O=C(O)Cc1oc(=O)c2ccc(Cl)cc2c1-c1ccccc1. The summed E-state index contributed by atoms with van der Waals surface area (Å²) in [5, 5.41) is 10.5. The summed E-state index contributed by atoms with van der Waals surface area (Å²) >= 11 is 6.04. The summed E-state index contributed by atoms with van der Waals surface area (Å²) in [5.74, 6) is -0.944. The number of carbonyl (C=O) groups is 1. The van der Waals surface area contributed by atoms with E-state index in [1.54, 1.807) is 18.2 Å². The highest BCUT2D eigenvalue weighted by Gasteiger charge is 2.18. The molecule has 0 fully saturated rings. The maximum atomic E-state index is 12.1. The first-order chi connectivity index (χ1) is 10.6. The fraction of sp³-hybridized carbons (Fsp3) is 0.0588. The predicted molar refractivity (Wildman–Crippen MR) is 84.3 cm³/mol. The molecule has 110 valence electrons. The van der Waals surface area contributed by atoms with Gasteiger partial charge in [-0.1, -0.05) is 41.9 Å². The lowest BCUT2D eigenvalue weighted by molar-refractivity contribution is -0.136. The van der Waals surface area contributed by atoms with Crippen molar-refractivity contribution in [3.8, 4) is 11.1 Å². The predicted octanol–water partition coefficient (Wildman–Crippen LogP) is 3.74. The maximum absolute atomic E-state index is 12.1. The van der Waals surface area contributed by atoms with Crippen LogP contribution in [0.15, 0.2) is 57.7 Å². The Bertz CT molecular complexity index is 913. The zero-order valence-corrected chi connectivity index (χ0v) is 12.1. The van der Waals surface area contributed by atoms with E-state index < -0.39 is 11.6 Å². The summed E-state index contributed by atoms with van der Waals surface area (Å²) in [6, 6.07) is 14.0. The van der Waals surface area contributed by atoms with Crippen molar-refractivity contribution in [1.82, 2.24) is 0 Å². The van der Waals surface area contributed by atoms with E-state index in [-0.39, 0.29) is 12.2 Å². The number of carboxylic acid groups (broad SMARTS) is 1. The maximum Gasteiger partial charge on any atom is 0.343 e. The lowest BCUT2D eigenvalue weighted by Crippen LogP contribution is -2.09. The summed E-state index contributed by atoms with van der Waals surface area (Å²) < 4.78 is 5.25. The summed E-state index contributed by atoms with van der Waals surface area (Å²) in [6.07, 6.45) is -0.373. The zero-order chi connectivity index (χ0) is 15.7. The van der Waals surface area contributed by atoms with Gasteiger partial charge in [0.05, 0.1) is 5.39 Å². The molecule has 22 heavy (non-hydrogen) atoms. The molecule has 0 amide bonds. The van der Waals surface area contributed by atoms with Gasteiger partial charge in [0.15, 0.2) is 0 Å².